The van der Waals surface area contributed by atoms with Crippen LogP contribution in [0.25, 0.3) is 0 Å². The molecule has 0 aliphatic heterocycles. The highest BCUT2D eigenvalue weighted by molar-refractivity contribution is 5.91. The first kappa shape index (κ1) is 17.9. The van der Waals surface area contributed by atoms with E-state index < -0.39 is 35.5 Å². The Morgan fingerprint density at radius 3 is 2.30 bits per heavy atom. The Kier molecular flexibility index (Phi) is 6.73. The molecule has 7 nitrogen and oxygen atoms in total. The Morgan fingerprint density at radius 1 is 1.30 bits per heavy atom. The fraction of sp³-hybridized carbons (Fsp3) is 0.615. The summed E-state index contributed by atoms with van der Waals surface area (Å²) in [5, 5.41) is 4.68. The quantitative estimate of drug-likeness (QED) is 0.438. The minimum absolute atomic E-state index is 0.280. The predicted octanol–water partition coefficient (Wildman–Crippen LogP) is -1.09. The second-order valence-electron chi connectivity index (χ2n) is 5.18. The molecule has 0 aromatic rings. The summed E-state index contributed by atoms with van der Waals surface area (Å²) in [4.78, 5) is 34.4. The van der Waals surface area contributed by atoms with Gasteiger partial charge in [-0.15, -0.1) is 6.42 Å². The number of hydrogen-bond acceptors (Lipinski definition) is 5. The van der Waals surface area contributed by atoms with Crippen LogP contribution in [0.1, 0.15) is 27.7 Å². The molecule has 0 fully saturated rings. The van der Waals surface area contributed by atoms with Gasteiger partial charge >= 0.3 is 5.97 Å². The largest absolute Gasteiger partial charge is 0.459 e. The average Bonchev–Trinajstić information content (AvgIpc) is 2.32. The fourth-order valence-electron chi connectivity index (χ4n) is 1.13. The Hall–Kier alpha value is -2.07. The molecule has 2 atom stereocenters. The Balaban J connectivity index is 4.19. The van der Waals surface area contributed by atoms with Gasteiger partial charge in [-0.3, -0.25) is 14.4 Å². The summed E-state index contributed by atoms with van der Waals surface area (Å²) in [6.07, 6.45) is 4.98. The Bertz CT molecular complexity index is 420. The summed E-state index contributed by atoms with van der Waals surface area (Å²) in [7, 11) is 0. The van der Waals surface area contributed by atoms with Crippen molar-refractivity contribution in [2.75, 3.05) is 6.54 Å². The van der Waals surface area contributed by atoms with Gasteiger partial charge in [0.15, 0.2) is 0 Å². The molecule has 7 heteroatoms. The number of carbonyl (C=O) groups excluding carboxylic acids is 3. The average molecular weight is 283 g/mol. The molecule has 2 amide bonds. The second-order valence-corrected chi connectivity index (χ2v) is 5.18. The van der Waals surface area contributed by atoms with E-state index in [0.717, 1.165) is 0 Å². The molecule has 0 bridgehead atoms. The highest BCUT2D eigenvalue weighted by atomic mass is 16.6. The van der Waals surface area contributed by atoms with Gasteiger partial charge in [-0.2, -0.15) is 0 Å². The minimum atomic E-state index is -1.11. The summed E-state index contributed by atoms with van der Waals surface area (Å²) in [5.41, 5.74) is 4.68. The standard InChI is InChI=1S/C13H21N3O4/c1-6-9(14)12(19)16-8(2)11(18)15-7-10(17)20-13(3,4)5/h1,8-9H,7,14H2,2-5H3,(H,15,18)(H,16,19)/t8-,9-/m0/s1. The molecule has 20 heavy (non-hydrogen) atoms. The third kappa shape index (κ3) is 7.38. The monoisotopic (exact) mass is 283 g/mol. The van der Waals surface area contributed by atoms with Crippen molar-refractivity contribution in [3.8, 4) is 12.3 Å². The molecule has 0 unspecified atom stereocenters. The number of esters is 1. The molecule has 0 aliphatic carbocycles. The molecule has 0 aliphatic rings. The highest BCUT2D eigenvalue weighted by Gasteiger charge is 2.21. The maximum absolute atomic E-state index is 11.6. The van der Waals surface area contributed by atoms with Gasteiger partial charge in [0.05, 0.1) is 0 Å². The van der Waals surface area contributed by atoms with Gasteiger partial charge in [0, 0.05) is 0 Å². The Morgan fingerprint density at radius 2 is 1.85 bits per heavy atom. The van der Waals surface area contributed by atoms with Gasteiger partial charge in [-0.1, -0.05) is 5.92 Å². The molecule has 0 heterocycles. The number of amides is 2. The topological polar surface area (TPSA) is 111 Å². The lowest BCUT2D eigenvalue weighted by Crippen LogP contribution is -2.50. The van der Waals surface area contributed by atoms with Crippen LogP contribution < -0.4 is 16.4 Å². The van der Waals surface area contributed by atoms with E-state index in [4.69, 9.17) is 16.9 Å². The van der Waals surface area contributed by atoms with Crippen LogP contribution in [0.3, 0.4) is 0 Å². The molecule has 0 radical (unpaired) electrons. The van der Waals surface area contributed by atoms with Crippen molar-refractivity contribution in [1.29, 1.82) is 0 Å². The first-order valence-corrected chi connectivity index (χ1v) is 6.08. The van der Waals surface area contributed by atoms with Crippen LogP contribution in [-0.2, 0) is 19.1 Å². The summed E-state index contributed by atoms with van der Waals surface area (Å²) < 4.78 is 5.02. The van der Waals surface area contributed by atoms with Crippen molar-refractivity contribution in [2.45, 2.75) is 45.4 Å². The zero-order chi connectivity index (χ0) is 15.9. The molecule has 4 N–H and O–H groups in total. The van der Waals surface area contributed by atoms with Crippen LogP contribution in [0.2, 0.25) is 0 Å². The van der Waals surface area contributed by atoms with E-state index in [1.165, 1.54) is 6.92 Å². The third-order valence-electron chi connectivity index (χ3n) is 2.04. The van der Waals surface area contributed by atoms with E-state index in [9.17, 15) is 14.4 Å². The normalized spacial score (nSPS) is 13.6. The zero-order valence-electron chi connectivity index (χ0n) is 12.1. The van der Waals surface area contributed by atoms with Gasteiger partial charge in [0.2, 0.25) is 11.8 Å². The molecule has 0 aromatic heterocycles. The van der Waals surface area contributed by atoms with Crippen LogP contribution in [0.15, 0.2) is 0 Å². The number of hydrogen-bond donors (Lipinski definition) is 3. The number of nitrogens with one attached hydrogen (secondary N) is 2. The molecule has 0 saturated carbocycles. The van der Waals surface area contributed by atoms with Crippen LogP contribution in [-0.4, -0.2) is 42.0 Å². The van der Waals surface area contributed by atoms with Gasteiger partial charge in [-0.25, -0.2) is 0 Å². The van der Waals surface area contributed by atoms with E-state index in [2.05, 4.69) is 10.6 Å². The van der Waals surface area contributed by atoms with Crippen molar-refractivity contribution in [3.63, 3.8) is 0 Å². The van der Waals surface area contributed by atoms with Crippen molar-refractivity contribution >= 4 is 17.8 Å². The van der Waals surface area contributed by atoms with Crippen molar-refractivity contribution in [1.82, 2.24) is 10.6 Å². The maximum atomic E-state index is 11.6. The lowest BCUT2D eigenvalue weighted by molar-refractivity contribution is -0.154. The first-order chi connectivity index (χ1) is 9.06. The maximum Gasteiger partial charge on any atom is 0.325 e. The van der Waals surface area contributed by atoms with Crippen LogP contribution in [0.5, 0.6) is 0 Å². The van der Waals surface area contributed by atoms with E-state index in [-0.39, 0.29) is 6.54 Å². The summed E-state index contributed by atoms with van der Waals surface area (Å²) in [6.45, 7) is 6.33. The fourth-order valence-corrected chi connectivity index (χ4v) is 1.13. The second kappa shape index (κ2) is 7.50. The summed E-state index contributed by atoms with van der Waals surface area (Å²) in [5.74, 6) is 0.314. The number of ether oxygens (including phenoxy) is 1. The van der Waals surface area contributed by atoms with Gasteiger partial charge < -0.3 is 21.1 Å². The third-order valence-corrected chi connectivity index (χ3v) is 2.04. The molecular formula is C13H21N3O4. The summed E-state index contributed by atoms with van der Waals surface area (Å²) in [6, 6.07) is -1.97. The van der Waals surface area contributed by atoms with E-state index in [1.54, 1.807) is 20.8 Å². The molecule has 0 spiro atoms. The Labute approximate surface area is 118 Å². The zero-order valence-corrected chi connectivity index (χ0v) is 12.1. The molecule has 0 aromatic carbocycles. The first-order valence-electron chi connectivity index (χ1n) is 6.08. The number of nitrogens with two attached hydrogens (primary N) is 1. The van der Waals surface area contributed by atoms with E-state index in [0.29, 0.717) is 0 Å². The van der Waals surface area contributed by atoms with Crippen LogP contribution in [0, 0.1) is 12.3 Å². The SMILES string of the molecule is C#C[C@H](N)C(=O)N[C@@H](C)C(=O)NCC(=O)OC(C)(C)C. The molecule has 0 saturated heterocycles. The van der Waals surface area contributed by atoms with E-state index in [1.807, 2.05) is 5.92 Å². The number of rotatable bonds is 5. The van der Waals surface area contributed by atoms with Gasteiger partial charge in [0.25, 0.3) is 0 Å². The smallest absolute Gasteiger partial charge is 0.325 e. The van der Waals surface area contributed by atoms with Crippen molar-refractivity contribution in [2.24, 2.45) is 5.73 Å². The number of carbonyl (C=O) groups is 3. The number of terminal acetylenes is 1. The van der Waals surface area contributed by atoms with Gasteiger partial charge in [-0.05, 0) is 27.7 Å². The van der Waals surface area contributed by atoms with E-state index >= 15 is 0 Å². The molecular weight excluding hydrogens is 262 g/mol. The highest BCUT2D eigenvalue weighted by Crippen LogP contribution is 2.06. The summed E-state index contributed by atoms with van der Waals surface area (Å²) >= 11 is 0. The van der Waals surface area contributed by atoms with Crippen LogP contribution in [0.4, 0.5) is 0 Å². The lowest BCUT2D eigenvalue weighted by atomic mass is 10.2. The van der Waals surface area contributed by atoms with Gasteiger partial charge in [0.1, 0.15) is 24.2 Å². The predicted molar refractivity (Wildman–Crippen MR) is 73.3 cm³/mol. The molecule has 0 rings (SSSR count). The lowest BCUT2D eigenvalue weighted by Gasteiger charge is -2.20. The van der Waals surface area contributed by atoms with Crippen LogP contribution >= 0.6 is 0 Å². The molecule has 112 valence electrons. The van der Waals surface area contributed by atoms with Crippen molar-refractivity contribution in [3.05, 3.63) is 0 Å². The minimum Gasteiger partial charge on any atom is -0.459 e. The van der Waals surface area contributed by atoms with Crippen molar-refractivity contribution < 1.29 is 19.1 Å².